The molecule has 1 aliphatic heterocycles. The van der Waals surface area contributed by atoms with Crippen molar-refractivity contribution < 1.29 is 14.6 Å². The van der Waals surface area contributed by atoms with E-state index in [4.69, 9.17) is 4.74 Å². The first-order valence-electron chi connectivity index (χ1n) is 9.46. The Morgan fingerprint density at radius 2 is 1.96 bits per heavy atom. The Bertz CT molecular complexity index is 775. The SMILES string of the molecule is COc1cccc(N2C(=O)CN([C@@H](C)CCc3ccc(O)cc3)C[C@@H]2C)c1. The molecule has 1 aliphatic rings. The van der Waals surface area contributed by atoms with Gasteiger partial charge in [0.2, 0.25) is 5.91 Å². The Morgan fingerprint density at radius 1 is 1.22 bits per heavy atom. The van der Waals surface area contributed by atoms with Crippen LogP contribution in [0.1, 0.15) is 25.8 Å². The Kier molecular flexibility index (Phi) is 6.01. The molecule has 2 aromatic rings. The van der Waals surface area contributed by atoms with Crippen molar-refractivity contribution in [3.63, 3.8) is 0 Å². The second-order valence-corrected chi connectivity index (χ2v) is 7.30. The van der Waals surface area contributed by atoms with Crippen LogP contribution in [-0.2, 0) is 11.2 Å². The molecule has 1 heterocycles. The molecule has 0 radical (unpaired) electrons. The molecule has 5 nitrogen and oxygen atoms in total. The monoisotopic (exact) mass is 368 g/mol. The van der Waals surface area contributed by atoms with Crippen LogP contribution in [-0.4, -0.2) is 48.2 Å². The molecule has 1 saturated heterocycles. The van der Waals surface area contributed by atoms with Gasteiger partial charge in [-0.3, -0.25) is 9.69 Å². The maximum atomic E-state index is 12.8. The summed E-state index contributed by atoms with van der Waals surface area (Å²) >= 11 is 0. The van der Waals surface area contributed by atoms with Gasteiger partial charge in [-0.1, -0.05) is 18.2 Å². The van der Waals surface area contributed by atoms with Crippen LogP contribution in [0.4, 0.5) is 5.69 Å². The fourth-order valence-electron chi connectivity index (χ4n) is 3.70. The van der Waals surface area contributed by atoms with Gasteiger partial charge in [-0.15, -0.1) is 0 Å². The summed E-state index contributed by atoms with van der Waals surface area (Å²) in [5.74, 6) is 1.18. The van der Waals surface area contributed by atoms with Crippen LogP contribution in [0.3, 0.4) is 0 Å². The molecule has 1 N–H and O–H groups in total. The Balaban J connectivity index is 1.61. The van der Waals surface area contributed by atoms with Gasteiger partial charge in [0.15, 0.2) is 0 Å². The number of benzene rings is 2. The van der Waals surface area contributed by atoms with Crippen LogP contribution in [0.2, 0.25) is 0 Å². The molecule has 0 aliphatic carbocycles. The summed E-state index contributed by atoms with van der Waals surface area (Å²) in [5, 5.41) is 9.39. The van der Waals surface area contributed by atoms with E-state index in [-0.39, 0.29) is 11.9 Å². The van der Waals surface area contributed by atoms with E-state index in [2.05, 4.69) is 18.7 Å². The number of carbonyl (C=O) groups excluding carboxylic acids is 1. The third-order valence-electron chi connectivity index (χ3n) is 5.29. The minimum absolute atomic E-state index is 0.106. The average molecular weight is 368 g/mol. The average Bonchev–Trinajstić information content (AvgIpc) is 2.67. The molecule has 1 fully saturated rings. The summed E-state index contributed by atoms with van der Waals surface area (Å²) in [5.41, 5.74) is 2.09. The molecule has 2 atom stereocenters. The number of aryl methyl sites for hydroxylation is 1. The fraction of sp³-hybridized carbons (Fsp3) is 0.409. The lowest BCUT2D eigenvalue weighted by Crippen LogP contribution is -2.57. The van der Waals surface area contributed by atoms with Crippen LogP contribution in [0, 0.1) is 0 Å². The highest BCUT2D eigenvalue weighted by Gasteiger charge is 2.32. The molecule has 0 aromatic heterocycles. The van der Waals surface area contributed by atoms with Gasteiger partial charge in [0.25, 0.3) is 0 Å². The number of hydrogen-bond donors (Lipinski definition) is 1. The third-order valence-corrected chi connectivity index (χ3v) is 5.29. The van der Waals surface area contributed by atoms with Crippen LogP contribution in [0.25, 0.3) is 0 Å². The molecule has 0 spiro atoms. The molecule has 144 valence electrons. The van der Waals surface area contributed by atoms with Gasteiger partial charge in [0.1, 0.15) is 11.5 Å². The molecule has 1 amide bonds. The predicted molar refractivity (Wildman–Crippen MR) is 107 cm³/mol. The second kappa shape index (κ2) is 8.44. The van der Waals surface area contributed by atoms with Gasteiger partial charge in [0.05, 0.1) is 13.7 Å². The van der Waals surface area contributed by atoms with E-state index in [9.17, 15) is 9.90 Å². The number of methoxy groups -OCH3 is 1. The van der Waals surface area contributed by atoms with E-state index in [0.717, 1.165) is 30.8 Å². The molecular weight excluding hydrogens is 340 g/mol. The summed E-state index contributed by atoms with van der Waals surface area (Å²) in [6.45, 7) is 5.55. The van der Waals surface area contributed by atoms with Crippen molar-refractivity contribution in [3.8, 4) is 11.5 Å². The van der Waals surface area contributed by atoms with E-state index in [1.807, 2.05) is 41.3 Å². The summed E-state index contributed by atoms with van der Waals surface area (Å²) in [6, 6.07) is 15.5. The molecule has 3 rings (SSSR count). The maximum Gasteiger partial charge on any atom is 0.241 e. The van der Waals surface area contributed by atoms with E-state index in [1.54, 1.807) is 19.2 Å². The number of amides is 1. The highest BCUT2D eigenvalue weighted by Crippen LogP contribution is 2.26. The largest absolute Gasteiger partial charge is 0.508 e. The number of ether oxygens (including phenoxy) is 1. The number of aromatic hydroxyl groups is 1. The molecular formula is C22H28N2O3. The smallest absolute Gasteiger partial charge is 0.241 e. The van der Waals surface area contributed by atoms with Crippen LogP contribution in [0.5, 0.6) is 11.5 Å². The first kappa shape index (κ1) is 19.2. The highest BCUT2D eigenvalue weighted by atomic mass is 16.5. The number of phenolic OH excluding ortho intramolecular Hbond substituents is 1. The number of rotatable bonds is 6. The summed E-state index contributed by atoms with van der Waals surface area (Å²) in [7, 11) is 1.64. The lowest BCUT2D eigenvalue weighted by molar-refractivity contribution is -0.122. The van der Waals surface area contributed by atoms with Crippen molar-refractivity contribution in [3.05, 3.63) is 54.1 Å². The van der Waals surface area contributed by atoms with Gasteiger partial charge < -0.3 is 14.7 Å². The van der Waals surface area contributed by atoms with Crippen LogP contribution in [0.15, 0.2) is 48.5 Å². The van der Waals surface area contributed by atoms with Gasteiger partial charge in [-0.25, -0.2) is 0 Å². The molecule has 0 bridgehead atoms. The summed E-state index contributed by atoms with van der Waals surface area (Å²) < 4.78 is 5.29. The van der Waals surface area contributed by atoms with Crippen molar-refractivity contribution >= 4 is 11.6 Å². The lowest BCUT2D eigenvalue weighted by atomic mass is 10.0. The topological polar surface area (TPSA) is 53.0 Å². The zero-order valence-electron chi connectivity index (χ0n) is 16.3. The van der Waals surface area contributed by atoms with Crippen LogP contribution >= 0.6 is 0 Å². The number of phenols is 1. The normalized spacial score (nSPS) is 19.1. The number of anilines is 1. The standard InChI is InChI=1S/C22H28N2O3/c1-16(7-8-18-9-11-20(25)12-10-18)23-14-17(2)24(22(26)15-23)19-5-4-6-21(13-19)27-3/h4-6,9-13,16-17,25H,7-8,14-15H2,1-3H3/t16-,17-/m0/s1. The number of nitrogens with zero attached hydrogens (tertiary/aromatic N) is 2. The minimum Gasteiger partial charge on any atom is -0.508 e. The van der Waals surface area contributed by atoms with E-state index >= 15 is 0 Å². The van der Waals surface area contributed by atoms with E-state index in [1.165, 1.54) is 5.56 Å². The molecule has 27 heavy (non-hydrogen) atoms. The maximum absolute atomic E-state index is 12.8. The van der Waals surface area contributed by atoms with Crippen molar-refractivity contribution in [1.82, 2.24) is 4.90 Å². The number of carbonyl (C=O) groups is 1. The molecule has 5 heteroatoms. The van der Waals surface area contributed by atoms with Crippen molar-refractivity contribution in [2.75, 3.05) is 25.1 Å². The quantitative estimate of drug-likeness (QED) is 0.848. The Hall–Kier alpha value is -2.53. The fourth-order valence-corrected chi connectivity index (χ4v) is 3.70. The summed E-state index contributed by atoms with van der Waals surface area (Å²) in [4.78, 5) is 17.0. The predicted octanol–water partition coefficient (Wildman–Crippen LogP) is 3.46. The van der Waals surface area contributed by atoms with E-state index in [0.29, 0.717) is 18.3 Å². The van der Waals surface area contributed by atoms with Crippen molar-refractivity contribution in [2.24, 2.45) is 0 Å². The lowest BCUT2D eigenvalue weighted by Gasteiger charge is -2.42. The van der Waals surface area contributed by atoms with Gasteiger partial charge in [-0.05, 0) is 56.5 Å². The molecule has 0 unspecified atom stereocenters. The number of piperazine rings is 1. The summed E-state index contributed by atoms with van der Waals surface area (Å²) in [6.07, 6.45) is 1.91. The Labute approximate surface area is 161 Å². The minimum atomic E-state index is 0.106. The number of hydrogen-bond acceptors (Lipinski definition) is 4. The second-order valence-electron chi connectivity index (χ2n) is 7.30. The van der Waals surface area contributed by atoms with Gasteiger partial charge in [0, 0.05) is 30.4 Å². The van der Waals surface area contributed by atoms with Crippen LogP contribution < -0.4 is 9.64 Å². The first-order chi connectivity index (χ1) is 13.0. The first-order valence-corrected chi connectivity index (χ1v) is 9.46. The van der Waals surface area contributed by atoms with Crippen molar-refractivity contribution in [2.45, 2.75) is 38.8 Å². The Morgan fingerprint density at radius 3 is 2.63 bits per heavy atom. The van der Waals surface area contributed by atoms with Gasteiger partial charge in [-0.2, -0.15) is 0 Å². The van der Waals surface area contributed by atoms with Crippen molar-refractivity contribution in [1.29, 1.82) is 0 Å². The zero-order chi connectivity index (χ0) is 19.4. The van der Waals surface area contributed by atoms with Gasteiger partial charge >= 0.3 is 0 Å². The highest BCUT2D eigenvalue weighted by molar-refractivity contribution is 5.96. The zero-order valence-corrected chi connectivity index (χ0v) is 16.3. The third kappa shape index (κ3) is 4.61. The molecule has 2 aromatic carbocycles. The van der Waals surface area contributed by atoms with E-state index < -0.39 is 0 Å². The molecule has 0 saturated carbocycles.